The number of rotatable bonds is 3. The van der Waals surface area contributed by atoms with Gasteiger partial charge in [-0.2, -0.15) is 0 Å². The molecule has 2 N–H and O–H groups in total. The molecule has 2 aromatic rings. The van der Waals surface area contributed by atoms with Crippen LogP contribution in [0.4, 0.5) is 0 Å². The van der Waals surface area contributed by atoms with Crippen molar-refractivity contribution in [2.24, 2.45) is 0 Å². The molecular weight excluding hydrogens is 248 g/mol. The van der Waals surface area contributed by atoms with Crippen LogP contribution >= 0.6 is 0 Å². The third-order valence-corrected chi connectivity index (χ3v) is 2.69. The molecule has 0 atom stereocenters. The van der Waals surface area contributed by atoms with E-state index in [9.17, 15) is 9.59 Å². The van der Waals surface area contributed by atoms with Crippen molar-refractivity contribution in [3.8, 4) is 0 Å². The lowest BCUT2D eigenvalue weighted by Crippen LogP contribution is -2.50. The van der Waals surface area contributed by atoms with Crippen LogP contribution in [0.1, 0.15) is 24.2 Å². The second-order valence-corrected chi connectivity index (χ2v) is 4.53. The summed E-state index contributed by atoms with van der Waals surface area (Å²) in [5.74, 6) is -0.914. The Morgan fingerprint density at radius 3 is 2.79 bits per heavy atom. The Morgan fingerprint density at radius 2 is 2.11 bits per heavy atom. The molecule has 0 spiro atoms. The lowest BCUT2D eigenvalue weighted by Gasteiger charge is -2.23. The van der Waals surface area contributed by atoms with E-state index in [2.05, 4.69) is 25.0 Å². The van der Waals surface area contributed by atoms with Gasteiger partial charge < -0.3 is 15.0 Å². The topological polar surface area (TPSA) is 97.0 Å². The lowest BCUT2D eigenvalue weighted by atomic mass is 10.1. The Hall–Kier alpha value is -2.44. The van der Waals surface area contributed by atoms with Crippen LogP contribution in [-0.4, -0.2) is 39.5 Å². The van der Waals surface area contributed by atoms with E-state index < -0.39 is 17.4 Å². The van der Waals surface area contributed by atoms with Gasteiger partial charge in [-0.3, -0.25) is 4.79 Å². The lowest BCUT2D eigenvalue weighted by molar-refractivity contribution is -0.146. The number of fused-ring (bicyclic) bond motifs is 1. The van der Waals surface area contributed by atoms with Crippen molar-refractivity contribution in [2.45, 2.75) is 19.4 Å². The van der Waals surface area contributed by atoms with E-state index in [1.165, 1.54) is 19.6 Å². The molecule has 0 aliphatic heterocycles. The molecule has 7 nitrogen and oxygen atoms in total. The first-order valence-electron chi connectivity index (χ1n) is 5.64. The van der Waals surface area contributed by atoms with E-state index in [0.29, 0.717) is 16.7 Å². The van der Waals surface area contributed by atoms with Crippen LogP contribution in [0.15, 0.2) is 18.6 Å². The Labute approximate surface area is 109 Å². The first-order chi connectivity index (χ1) is 8.95. The number of hydrogen-bond acceptors (Lipinski definition) is 5. The van der Waals surface area contributed by atoms with Gasteiger partial charge in [-0.25, -0.2) is 14.8 Å². The number of nitrogens with zero attached hydrogens (tertiary/aromatic N) is 2. The number of methoxy groups -OCH3 is 1. The van der Waals surface area contributed by atoms with Crippen molar-refractivity contribution in [1.82, 2.24) is 20.3 Å². The van der Waals surface area contributed by atoms with Crippen molar-refractivity contribution in [2.75, 3.05) is 7.11 Å². The molecule has 0 aliphatic rings. The number of aromatic amines is 1. The highest BCUT2D eigenvalue weighted by atomic mass is 16.5. The van der Waals surface area contributed by atoms with Crippen LogP contribution in [0.2, 0.25) is 0 Å². The number of esters is 1. The van der Waals surface area contributed by atoms with E-state index in [0.717, 1.165) is 0 Å². The first-order valence-corrected chi connectivity index (χ1v) is 5.64. The number of carbonyl (C=O) groups excluding carboxylic acids is 2. The fourth-order valence-corrected chi connectivity index (χ4v) is 1.70. The predicted molar refractivity (Wildman–Crippen MR) is 67.4 cm³/mol. The molecule has 0 unspecified atom stereocenters. The van der Waals surface area contributed by atoms with Gasteiger partial charge in [0.15, 0.2) is 5.65 Å². The van der Waals surface area contributed by atoms with Crippen LogP contribution in [0.25, 0.3) is 11.2 Å². The number of amides is 1. The van der Waals surface area contributed by atoms with Crippen LogP contribution < -0.4 is 5.32 Å². The first kappa shape index (κ1) is 13.0. The van der Waals surface area contributed by atoms with Crippen LogP contribution in [0, 0.1) is 0 Å². The number of aromatic nitrogens is 3. The van der Waals surface area contributed by atoms with Crippen molar-refractivity contribution in [1.29, 1.82) is 0 Å². The van der Waals surface area contributed by atoms with E-state index in [1.807, 2.05) is 0 Å². The highest BCUT2D eigenvalue weighted by Gasteiger charge is 2.31. The largest absolute Gasteiger partial charge is 0.467 e. The van der Waals surface area contributed by atoms with Gasteiger partial charge in [0.1, 0.15) is 5.54 Å². The zero-order valence-corrected chi connectivity index (χ0v) is 10.9. The minimum atomic E-state index is -1.11. The second-order valence-electron chi connectivity index (χ2n) is 4.53. The molecule has 7 heteroatoms. The molecule has 0 saturated carbocycles. The number of H-pyrrole nitrogens is 1. The van der Waals surface area contributed by atoms with E-state index in [1.54, 1.807) is 19.9 Å². The van der Waals surface area contributed by atoms with Gasteiger partial charge in [0.25, 0.3) is 5.91 Å². The quantitative estimate of drug-likeness (QED) is 0.791. The summed E-state index contributed by atoms with van der Waals surface area (Å²) in [4.78, 5) is 34.6. The summed E-state index contributed by atoms with van der Waals surface area (Å²) in [7, 11) is 1.27. The molecule has 0 aliphatic carbocycles. The molecule has 2 heterocycles. The molecule has 100 valence electrons. The number of nitrogens with one attached hydrogen (secondary N) is 2. The highest BCUT2D eigenvalue weighted by Crippen LogP contribution is 2.14. The van der Waals surface area contributed by atoms with Crippen molar-refractivity contribution < 1.29 is 14.3 Å². The number of pyridine rings is 1. The van der Waals surface area contributed by atoms with E-state index in [-0.39, 0.29) is 0 Å². The molecule has 0 radical (unpaired) electrons. The fraction of sp³-hybridized carbons (Fsp3) is 0.333. The average molecular weight is 262 g/mol. The maximum absolute atomic E-state index is 12.2. The highest BCUT2D eigenvalue weighted by molar-refractivity contribution is 6.05. The zero-order valence-electron chi connectivity index (χ0n) is 10.9. The van der Waals surface area contributed by atoms with Gasteiger partial charge in [-0.05, 0) is 19.9 Å². The van der Waals surface area contributed by atoms with Gasteiger partial charge in [0.05, 0.1) is 24.5 Å². The fourth-order valence-electron chi connectivity index (χ4n) is 1.70. The minimum Gasteiger partial charge on any atom is -0.467 e. The molecule has 0 saturated heterocycles. The molecule has 2 aromatic heterocycles. The SMILES string of the molecule is COC(=O)C(C)(C)NC(=O)c1ccnc2nc[nH]c12. The summed E-state index contributed by atoms with van der Waals surface area (Å²) in [6, 6.07) is 1.56. The summed E-state index contributed by atoms with van der Waals surface area (Å²) in [5, 5.41) is 2.62. The summed E-state index contributed by atoms with van der Waals surface area (Å²) in [6.45, 7) is 3.14. The van der Waals surface area contributed by atoms with Gasteiger partial charge in [0.2, 0.25) is 0 Å². The Morgan fingerprint density at radius 1 is 1.37 bits per heavy atom. The van der Waals surface area contributed by atoms with Gasteiger partial charge in [-0.1, -0.05) is 0 Å². The van der Waals surface area contributed by atoms with Gasteiger partial charge in [-0.15, -0.1) is 0 Å². The average Bonchev–Trinajstić information content (AvgIpc) is 2.84. The Kier molecular flexibility index (Phi) is 3.20. The molecule has 2 rings (SSSR count). The third-order valence-electron chi connectivity index (χ3n) is 2.69. The number of imidazole rings is 1. The minimum absolute atomic E-state index is 0.375. The molecule has 0 fully saturated rings. The summed E-state index contributed by atoms with van der Waals surface area (Å²) in [5.41, 5.74) is 0.241. The maximum atomic E-state index is 12.2. The number of carbonyl (C=O) groups is 2. The van der Waals surface area contributed by atoms with Crippen molar-refractivity contribution >= 4 is 23.0 Å². The zero-order chi connectivity index (χ0) is 14.0. The smallest absolute Gasteiger partial charge is 0.330 e. The van der Waals surface area contributed by atoms with E-state index >= 15 is 0 Å². The molecule has 0 aromatic carbocycles. The maximum Gasteiger partial charge on any atom is 0.330 e. The van der Waals surface area contributed by atoms with Crippen molar-refractivity contribution in [3.05, 3.63) is 24.2 Å². The molecule has 0 bridgehead atoms. The monoisotopic (exact) mass is 262 g/mol. The van der Waals surface area contributed by atoms with Crippen LogP contribution in [0.3, 0.4) is 0 Å². The normalized spacial score (nSPS) is 11.3. The number of ether oxygens (including phenoxy) is 1. The summed E-state index contributed by atoms with van der Waals surface area (Å²) < 4.78 is 4.64. The standard InChI is InChI=1S/C12H14N4O3/c1-12(2,11(18)19-3)16-10(17)7-4-5-13-9-8(7)14-6-15-9/h4-6H,1-3H3,(H,16,17)(H,13,14,15). The summed E-state index contributed by atoms with van der Waals surface area (Å²) >= 11 is 0. The Bertz CT molecular complexity index is 633. The van der Waals surface area contributed by atoms with Gasteiger partial charge in [0, 0.05) is 6.20 Å². The predicted octanol–water partition coefficient (Wildman–Crippen LogP) is 0.639. The Balaban J connectivity index is 2.30. The van der Waals surface area contributed by atoms with Crippen LogP contribution in [-0.2, 0) is 9.53 Å². The van der Waals surface area contributed by atoms with E-state index in [4.69, 9.17) is 0 Å². The number of hydrogen-bond donors (Lipinski definition) is 2. The molecule has 19 heavy (non-hydrogen) atoms. The molecule has 1 amide bonds. The second kappa shape index (κ2) is 4.68. The van der Waals surface area contributed by atoms with Crippen molar-refractivity contribution in [3.63, 3.8) is 0 Å². The van der Waals surface area contributed by atoms with Crippen LogP contribution in [0.5, 0.6) is 0 Å². The summed E-state index contributed by atoms with van der Waals surface area (Å²) in [6.07, 6.45) is 2.95. The molecular formula is C12H14N4O3. The third kappa shape index (κ3) is 2.40. The van der Waals surface area contributed by atoms with Gasteiger partial charge >= 0.3 is 5.97 Å².